The van der Waals surface area contributed by atoms with Crippen molar-refractivity contribution in [1.29, 1.82) is 0 Å². The molecule has 0 radical (unpaired) electrons. The van der Waals surface area contributed by atoms with Crippen molar-refractivity contribution in [3.8, 4) is 5.75 Å². The van der Waals surface area contributed by atoms with Crippen molar-refractivity contribution < 1.29 is 29.6 Å². The Morgan fingerprint density at radius 3 is 1.62 bits per heavy atom. The highest BCUT2D eigenvalue weighted by atomic mass is 16.5. The third-order valence-electron chi connectivity index (χ3n) is 4.43. The summed E-state index contributed by atoms with van der Waals surface area (Å²) in [6.07, 6.45) is 0. The molecule has 3 rings (SSSR count). The van der Waals surface area contributed by atoms with E-state index in [1.807, 2.05) is 48.5 Å². The maximum Gasteiger partial charge on any atom is 0.414 e. The van der Waals surface area contributed by atoms with Gasteiger partial charge < -0.3 is 20.1 Å². The fourth-order valence-corrected chi connectivity index (χ4v) is 2.89. The van der Waals surface area contributed by atoms with E-state index in [1.165, 1.54) is 11.1 Å². The SMILES string of the molecule is O=C(O)C(=O)O.OCCN(Cc1ccccc1)Cc1ccc(OCc2ccccc2)cc1. The van der Waals surface area contributed by atoms with Gasteiger partial charge in [0.2, 0.25) is 0 Å². The first-order chi connectivity index (χ1) is 15.5. The van der Waals surface area contributed by atoms with Gasteiger partial charge >= 0.3 is 11.9 Å². The molecule has 0 fully saturated rings. The molecule has 3 N–H and O–H groups in total. The molecular weight excluding hydrogens is 410 g/mol. The first kappa shape index (κ1) is 24.6. The van der Waals surface area contributed by atoms with Crippen molar-refractivity contribution in [2.45, 2.75) is 19.7 Å². The van der Waals surface area contributed by atoms with Crippen molar-refractivity contribution in [3.05, 3.63) is 102 Å². The average Bonchev–Trinajstić information content (AvgIpc) is 2.80. The number of carbonyl (C=O) groups is 2. The lowest BCUT2D eigenvalue weighted by molar-refractivity contribution is -0.159. The lowest BCUT2D eigenvalue weighted by Gasteiger charge is -2.21. The molecule has 0 atom stereocenters. The molecule has 0 aliphatic rings. The van der Waals surface area contributed by atoms with Gasteiger partial charge in [0, 0.05) is 19.6 Å². The standard InChI is InChI=1S/C23H25NO2.C2H2O4/c25-16-15-24(17-20-7-3-1-4-8-20)18-21-11-13-23(14-12-21)26-19-22-9-5-2-6-10-22;3-1(4)2(5)6/h1-14,25H,15-19H2;(H,3,4)(H,5,6). The molecule has 3 aromatic rings. The lowest BCUT2D eigenvalue weighted by atomic mass is 10.1. The molecule has 0 aromatic heterocycles. The van der Waals surface area contributed by atoms with Gasteiger partial charge in [0.05, 0.1) is 6.61 Å². The van der Waals surface area contributed by atoms with Gasteiger partial charge in [-0.3, -0.25) is 4.90 Å². The molecule has 32 heavy (non-hydrogen) atoms. The van der Waals surface area contributed by atoms with Gasteiger partial charge in [-0.05, 0) is 28.8 Å². The maximum absolute atomic E-state index is 9.35. The molecule has 0 heterocycles. The Hall–Kier alpha value is -3.68. The highest BCUT2D eigenvalue weighted by Gasteiger charge is 2.07. The summed E-state index contributed by atoms with van der Waals surface area (Å²) >= 11 is 0. The molecule has 0 saturated heterocycles. The molecule has 3 aromatic carbocycles. The third-order valence-corrected chi connectivity index (χ3v) is 4.43. The number of carboxylic acids is 2. The van der Waals surface area contributed by atoms with E-state index in [2.05, 4.69) is 41.3 Å². The van der Waals surface area contributed by atoms with Crippen LogP contribution in [0, 0.1) is 0 Å². The number of aliphatic hydroxyl groups excluding tert-OH is 1. The summed E-state index contributed by atoms with van der Waals surface area (Å²) < 4.78 is 5.84. The van der Waals surface area contributed by atoms with Crippen molar-refractivity contribution in [3.63, 3.8) is 0 Å². The number of hydrogen-bond donors (Lipinski definition) is 3. The third kappa shape index (κ3) is 9.42. The second-order valence-corrected chi connectivity index (χ2v) is 6.95. The topological polar surface area (TPSA) is 107 Å². The maximum atomic E-state index is 9.35. The van der Waals surface area contributed by atoms with E-state index in [9.17, 15) is 5.11 Å². The van der Waals surface area contributed by atoms with Crippen LogP contribution in [0.5, 0.6) is 5.75 Å². The van der Waals surface area contributed by atoms with Crippen molar-refractivity contribution in [2.75, 3.05) is 13.2 Å². The fraction of sp³-hybridized carbons (Fsp3) is 0.200. The minimum atomic E-state index is -1.82. The summed E-state index contributed by atoms with van der Waals surface area (Å²) in [5.41, 5.74) is 3.62. The number of hydrogen-bond acceptors (Lipinski definition) is 5. The molecule has 168 valence electrons. The number of carboxylic acid groups (broad SMARTS) is 2. The van der Waals surface area contributed by atoms with Crippen LogP contribution in [0.25, 0.3) is 0 Å². The van der Waals surface area contributed by atoms with E-state index in [1.54, 1.807) is 0 Å². The Labute approximate surface area is 187 Å². The zero-order chi connectivity index (χ0) is 23.2. The number of ether oxygens (including phenoxy) is 1. The van der Waals surface area contributed by atoms with Gasteiger partial charge in [-0.1, -0.05) is 72.8 Å². The predicted molar refractivity (Wildman–Crippen MR) is 120 cm³/mol. The van der Waals surface area contributed by atoms with Gasteiger partial charge in [0.25, 0.3) is 0 Å². The van der Waals surface area contributed by atoms with E-state index in [0.717, 1.165) is 24.4 Å². The Balaban J connectivity index is 0.000000534. The van der Waals surface area contributed by atoms with Crippen LogP contribution in [0.15, 0.2) is 84.9 Å². The summed E-state index contributed by atoms with van der Waals surface area (Å²) in [6, 6.07) is 28.7. The summed E-state index contributed by atoms with van der Waals surface area (Å²) in [4.78, 5) is 20.4. The van der Waals surface area contributed by atoms with E-state index in [0.29, 0.717) is 13.2 Å². The largest absolute Gasteiger partial charge is 0.489 e. The zero-order valence-electron chi connectivity index (χ0n) is 17.6. The number of rotatable bonds is 9. The normalized spacial score (nSPS) is 10.2. The van der Waals surface area contributed by atoms with E-state index in [4.69, 9.17) is 24.5 Å². The molecule has 0 saturated carbocycles. The summed E-state index contributed by atoms with van der Waals surface area (Å²) in [7, 11) is 0. The lowest BCUT2D eigenvalue weighted by Crippen LogP contribution is -2.26. The Morgan fingerprint density at radius 1 is 0.688 bits per heavy atom. The molecule has 0 aliphatic carbocycles. The van der Waals surface area contributed by atoms with Crippen LogP contribution in [0.1, 0.15) is 16.7 Å². The summed E-state index contributed by atoms with van der Waals surface area (Å²) in [5.74, 6) is -2.78. The Bertz CT molecular complexity index is 933. The van der Waals surface area contributed by atoms with Crippen molar-refractivity contribution >= 4 is 11.9 Å². The van der Waals surface area contributed by atoms with Crippen LogP contribution in [-0.4, -0.2) is 45.3 Å². The summed E-state index contributed by atoms with van der Waals surface area (Å²) in [5, 5.41) is 24.1. The average molecular weight is 437 g/mol. The molecule has 0 unspecified atom stereocenters. The van der Waals surface area contributed by atoms with Crippen LogP contribution < -0.4 is 4.74 Å². The van der Waals surface area contributed by atoms with Gasteiger partial charge in [0.1, 0.15) is 12.4 Å². The number of benzene rings is 3. The van der Waals surface area contributed by atoms with Crippen LogP contribution >= 0.6 is 0 Å². The molecule has 0 amide bonds. The van der Waals surface area contributed by atoms with Crippen LogP contribution in [0.3, 0.4) is 0 Å². The quantitative estimate of drug-likeness (QED) is 0.440. The van der Waals surface area contributed by atoms with Gasteiger partial charge in [-0.2, -0.15) is 0 Å². The van der Waals surface area contributed by atoms with Gasteiger partial charge in [0.15, 0.2) is 0 Å². The monoisotopic (exact) mass is 437 g/mol. The van der Waals surface area contributed by atoms with E-state index in [-0.39, 0.29) is 6.61 Å². The number of aliphatic hydroxyl groups is 1. The van der Waals surface area contributed by atoms with Crippen LogP contribution in [-0.2, 0) is 29.3 Å². The van der Waals surface area contributed by atoms with E-state index < -0.39 is 11.9 Å². The highest BCUT2D eigenvalue weighted by molar-refractivity contribution is 6.27. The van der Waals surface area contributed by atoms with Crippen LogP contribution in [0.2, 0.25) is 0 Å². The second kappa shape index (κ2) is 13.6. The number of aliphatic carboxylic acids is 2. The molecule has 0 bridgehead atoms. The number of nitrogens with zero attached hydrogens (tertiary/aromatic N) is 1. The first-order valence-corrected chi connectivity index (χ1v) is 10.1. The Kier molecular flexibility index (Phi) is 10.4. The Morgan fingerprint density at radius 2 is 1.16 bits per heavy atom. The first-order valence-electron chi connectivity index (χ1n) is 10.1. The molecule has 0 aliphatic heterocycles. The molecule has 0 spiro atoms. The van der Waals surface area contributed by atoms with E-state index >= 15 is 0 Å². The molecular formula is C25H27NO6. The fourth-order valence-electron chi connectivity index (χ4n) is 2.89. The van der Waals surface area contributed by atoms with Gasteiger partial charge in [-0.25, -0.2) is 9.59 Å². The summed E-state index contributed by atoms with van der Waals surface area (Å²) in [6.45, 7) is 3.01. The molecule has 7 heteroatoms. The van der Waals surface area contributed by atoms with Crippen molar-refractivity contribution in [1.82, 2.24) is 4.90 Å². The molecule has 7 nitrogen and oxygen atoms in total. The second-order valence-electron chi connectivity index (χ2n) is 6.95. The smallest absolute Gasteiger partial charge is 0.414 e. The predicted octanol–water partition coefficient (Wildman–Crippen LogP) is 3.42. The minimum Gasteiger partial charge on any atom is -0.489 e. The van der Waals surface area contributed by atoms with Crippen LogP contribution in [0.4, 0.5) is 0 Å². The minimum absolute atomic E-state index is 0.158. The highest BCUT2D eigenvalue weighted by Crippen LogP contribution is 2.16. The van der Waals surface area contributed by atoms with Crippen molar-refractivity contribution in [2.24, 2.45) is 0 Å². The van der Waals surface area contributed by atoms with Gasteiger partial charge in [-0.15, -0.1) is 0 Å². The zero-order valence-corrected chi connectivity index (χ0v) is 17.6.